The molecule has 4 aromatic rings. The second-order valence-corrected chi connectivity index (χ2v) is 7.30. The maximum absolute atomic E-state index is 11.0. The van der Waals surface area contributed by atoms with Gasteiger partial charge in [0, 0.05) is 41.6 Å². The summed E-state index contributed by atoms with van der Waals surface area (Å²) >= 11 is 5.26. The third-order valence-electron chi connectivity index (χ3n) is 4.62. The highest BCUT2D eigenvalue weighted by atomic mass is 32.1. The van der Waals surface area contributed by atoms with Crippen molar-refractivity contribution in [1.29, 1.82) is 0 Å². The van der Waals surface area contributed by atoms with E-state index in [0.717, 1.165) is 0 Å². The van der Waals surface area contributed by atoms with Crippen LogP contribution in [0.4, 0.5) is 17.1 Å². The summed E-state index contributed by atoms with van der Waals surface area (Å²) in [5.74, 6) is 0.445. The first-order valence-corrected chi connectivity index (χ1v) is 10.2. The lowest BCUT2D eigenvalue weighted by atomic mass is 10.2. The Morgan fingerprint density at radius 2 is 1.47 bits per heavy atom. The lowest BCUT2D eigenvalue weighted by Crippen LogP contribution is -1.95. The summed E-state index contributed by atoms with van der Waals surface area (Å²) in [6, 6.07) is 19.3. The number of nitro groups is 2. The van der Waals surface area contributed by atoms with Crippen LogP contribution >= 0.6 is 12.2 Å². The van der Waals surface area contributed by atoms with Gasteiger partial charge in [-0.1, -0.05) is 24.3 Å². The topological polar surface area (TPSA) is 145 Å². The Hall–Kier alpha value is -4.84. The SMILES string of the molecule is O=[N+]([O-])c1cccc(C=Nc2ccc(-c3n[nH]c(=S)n3/N=C/c3cccc([N+](=O)[O-])c3)cc2)c1. The monoisotopic (exact) mass is 473 g/mol. The number of aromatic nitrogens is 3. The molecular weight excluding hydrogens is 458 g/mol. The molecule has 0 saturated heterocycles. The molecule has 1 aromatic heterocycles. The van der Waals surface area contributed by atoms with Gasteiger partial charge in [-0.2, -0.15) is 14.9 Å². The van der Waals surface area contributed by atoms with Gasteiger partial charge in [-0.15, -0.1) is 0 Å². The van der Waals surface area contributed by atoms with E-state index in [4.69, 9.17) is 12.2 Å². The van der Waals surface area contributed by atoms with Crippen LogP contribution in [0.1, 0.15) is 11.1 Å². The van der Waals surface area contributed by atoms with Gasteiger partial charge in [-0.3, -0.25) is 25.2 Å². The highest BCUT2D eigenvalue weighted by Gasteiger charge is 2.09. The number of H-pyrrole nitrogens is 1. The maximum Gasteiger partial charge on any atom is 0.270 e. The van der Waals surface area contributed by atoms with Crippen molar-refractivity contribution < 1.29 is 9.85 Å². The van der Waals surface area contributed by atoms with E-state index < -0.39 is 9.85 Å². The average molecular weight is 473 g/mol. The van der Waals surface area contributed by atoms with Gasteiger partial charge in [0.15, 0.2) is 5.82 Å². The largest absolute Gasteiger partial charge is 0.270 e. The van der Waals surface area contributed by atoms with Crippen molar-refractivity contribution in [2.45, 2.75) is 0 Å². The van der Waals surface area contributed by atoms with Crippen molar-refractivity contribution in [3.05, 3.63) is 109 Å². The number of non-ortho nitro benzene ring substituents is 2. The molecule has 0 bridgehead atoms. The molecular formula is C22H15N7O4S. The van der Waals surface area contributed by atoms with E-state index in [1.807, 2.05) is 0 Å². The van der Waals surface area contributed by atoms with Crippen LogP contribution in [-0.4, -0.2) is 37.1 Å². The van der Waals surface area contributed by atoms with Crippen LogP contribution < -0.4 is 0 Å². The second-order valence-electron chi connectivity index (χ2n) is 6.92. The Balaban J connectivity index is 1.55. The molecule has 4 rings (SSSR count). The van der Waals surface area contributed by atoms with Crippen LogP contribution in [0.2, 0.25) is 0 Å². The van der Waals surface area contributed by atoms with Crippen molar-refractivity contribution in [3.63, 3.8) is 0 Å². The normalized spacial score (nSPS) is 11.3. The van der Waals surface area contributed by atoms with E-state index in [1.54, 1.807) is 54.7 Å². The highest BCUT2D eigenvalue weighted by molar-refractivity contribution is 7.71. The molecule has 0 radical (unpaired) electrons. The van der Waals surface area contributed by atoms with E-state index >= 15 is 0 Å². The predicted octanol–water partition coefficient (Wildman–Crippen LogP) is 5.06. The third kappa shape index (κ3) is 5.14. The molecule has 1 heterocycles. The first kappa shape index (κ1) is 22.4. The van der Waals surface area contributed by atoms with Crippen LogP contribution in [0.15, 0.2) is 82.9 Å². The number of hydrogen-bond acceptors (Lipinski definition) is 8. The summed E-state index contributed by atoms with van der Waals surface area (Å²) in [6.45, 7) is 0. The Labute approximate surface area is 197 Å². The molecule has 0 saturated carbocycles. The van der Waals surface area contributed by atoms with E-state index in [1.165, 1.54) is 35.2 Å². The fraction of sp³-hybridized carbons (Fsp3) is 0. The van der Waals surface area contributed by atoms with E-state index in [2.05, 4.69) is 20.3 Å². The number of hydrogen-bond donors (Lipinski definition) is 1. The predicted molar refractivity (Wildman–Crippen MR) is 129 cm³/mol. The number of benzene rings is 3. The van der Waals surface area contributed by atoms with Gasteiger partial charge in [0.25, 0.3) is 11.4 Å². The molecule has 0 amide bonds. The molecule has 34 heavy (non-hydrogen) atoms. The molecule has 1 N–H and O–H groups in total. The zero-order valence-corrected chi connectivity index (χ0v) is 18.1. The lowest BCUT2D eigenvalue weighted by molar-refractivity contribution is -0.385. The molecule has 3 aromatic carbocycles. The van der Waals surface area contributed by atoms with Gasteiger partial charge in [0.05, 0.1) is 21.7 Å². The van der Waals surface area contributed by atoms with Crippen LogP contribution in [0.25, 0.3) is 11.4 Å². The van der Waals surface area contributed by atoms with Gasteiger partial charge in [-0.05, 0) is 42.0 Å². The summed E-state index contributed by atoms with van der Waals surface area (Å²) in [5.41, 5.74) is 2.44. The minimum absolute atomic E-state index is 0.00670. The minimum atomic E-state index is -0.477. The standard InChI is InChI=1S/C22H15N7O4S/c30-28(31)19-5-1-3-15(11-19)13-23-18-9-7-17(8-10-18)21-25-26-22(34)27(21)24-14-16-4-2-6-20(12-16)29(32)33/h1-14H,(H,26,34)/b23-13?,24-14+. The highest BCUT2D eigenvalue weighted by Crippen LogP contribution is 2.22. The zero-order chi connectivity index (χ0) is 24.1. The van der Waals surface area contributed by atoms with Gasteiger partial charge >= 0.3 is 0 Å². The summed E-state index contributed by atoms with van der Waals surface area (Å²) in [7, 11) is 0. The first-order chi connectivity index (χ1) is 16.4. The van der Waals surface area contributed by atoms with Crippen LogP contribution in [0, 0.1) is 25.0 Å². The van der Waals surface area contributed by atoms with Gasteiger partial charge in [0.1, 0.15) is 0 Å². The molecule has 0 aliphatic rings. The molecule has 0 atom stereocenters. The average Bonchev–Trinajstić information content (AvgIpc) is 3.22. The molecule has 0 fully saturated rings. The smallest absolute Gasteiger partial charge is 0.258 e. The Morgan fingerprint density at radius 1 is 0.882 bits per heavy atom. The van der Waals surface area contributed by atoms with Crippen molar-refractivity contribution in [3.8, 4) is 11.4 Å². The van der Waals surface area contributed by atoms with Crippen molar-refractivity contribution in [1.82, 2.24) is 14.9 Å². The van der Waals surface area contributed by atoms with Crippen molar-refractivity contribution in [2.24, 2.45) is 10.1 Å². The molecule has 0 aliphatic heterocycles. The van der Waals surface area contributed by atoms with Crippen molar-refractivity contribution in [2.75, 3.05) is 0 Å². The van der Waals surface area contributed by atoms with E-state index in [-0.39, 0.29) is 16.1 Å². The molecule has 0 unspecified atom stereocenters. The van der Waals surface area contributed by atoms with Crippen molar-refractivity contribution >= 4 is 41.7 Å². The number of rotatable bonds is 7. The molecule has 12 heteroatoms. The fourth-order valence-electron chi connectivity index (χ4n) is 2.99. The quantitative estimate of drug-likeness (QED) is 0.172. The number of aromatic amines is 1. The summed E-state index contributed by atoms with van der Waals surface area (Å²) in [6.07, 6.45) is 3.00. The third-order valence-corrected chi connectivity index (χ3v) is 4.89. The summed E-state index contributed by atoms with van der Waals surface area (Å²) < 4.78 is 1.67. The number of nitrogens with one attached hydrogen (secondary N) is 1. The number of aliphatic imine (C=N–C) groups is 1. The first-order valence-electron chi connectivity index (χ1n) is 9.76. The molecule has 0 spiro atoms. The van der Waals surface area contributed by atoms with E-state index in [9.17, 15) is 20.2 Å². The Bertz CT molecular complexity index is 1490. The maximum atomic E-state index is 11.0. The minimum Gasteiger partial charge on any atom is -0.258 e. The van der Waals surface area contributed by atoms with Crippen LogP contribution in [-0.2, 0) is 0 Å². The molecule has 11 nitrogen and oxygen atoms in total. The van der Waals surface area contributed by atoms with Gasteiger partial charge in [0.2, 0.25) is 4.77 Å². The lowest BCUT2D eigenvalue weighted by Gasteiger charge is -2.02. The Kier molecular flexibility index (Phi) is 6.41. The summed E-state index contributed by atoms with van der Waals surface area (Å²) in [4.78, 5) is 25.3. The van der Waals surface area contributed by atoms with Gasteiger partial charge < -0.3 is 0 Å². The zero-order valence-electron chi connectivity index (χ0n) is 17.3. The molecule has 0 aliphatic carbocycles. The van der Waals surface area contributed by atoms with Crippen LogP contribution in [0.3, 0.4) is 0 Å². The summed E-state index contributed by atoms with van der Waals surface area (Å²) in [5, 5.41) is 33.1. The fourth-order valence-corrected chi connectivity index (χ4v) is 3.17. The number of nitro benzene ring substituents is 2. The van der Waals surface area contributed by atoms with Crippen LogP contribution in [0.5, 0.6) is 0 Å². The second kappa shape index (κ2) is 9.75. The molecule has 168 valence electrons. The number of nitrogens with zero attached hydrogens (tertiary/aromatic N) is 6. The Morgan fingerprint density at radius 3 is 2.06 bits per heavy atom. The van der Waals surface area contributed by atoms with E-state index in [0.29, 0.717) is 28.2 Å². The van der Waals surface area contributed by atoms with Gasteiger partial charge in [-0.25, -0.2) is 5.10 Å².